The number of carbonyl (C=O) groups excluding carboxylic acids is 1. The normalized spacial score (nSPS) is 16.0. The highest BCUT2D eigenvalue weighted by molar-refractivity contribution is 5.92. The van der Waals surface area contributed by atoms with Gasteiger partial charge in [-0.3, -0.25) is 9.48 Å². The molecule has 1 aliphatic heterocycles. The molecule has 0 atom stereocenters. The van der Waals surface area contributed by atoms with Crippen LogP contribution in [0.4, 0.5) is 0 Å². The van der Waals surface area contributed by atoms with Gasteiger partial charge < -0.3 is 9.47 Å². The molecule has 0 spiro atoms. The number of likely N-dealkylation sites (tertiary alicyclic amines) is 1. The maximum Gasteiger partial charge on any atom is 0.272 e. The van der Waals surface area contributed by atoms with E-state index in [9.17, 15) is 4.79 Å². The third kappa shape index (κ3) is 3.13. The smallest absolute Gasteiger partial charge is 0.272 e. The van der Waals surface area contributed by atoms with Gasteiger partial charge in [-0.2, -0.15) is 5.10 Å². The number of aryl methyl sites for hydroxylation is 3. The van der Waals surface area contributed by atoms with Crippen molar-refractivity contribution in [2.45, 2.75) is 38.5 Å². The van der Waals surface area contributed by atoms with Crippen molar-refractivity contribution in [2.24, 2.45) is 14.1 Å². The fourth-order valence-electron chi connectivity index (χ4n) is 3.27. The van der Waals surface area contributed by atoms with Crippen LogP contribution in [0.5, 0.6) is 0 Å². The SMILES string of the molecule is CCCc1cc(C(=O)N2CCC(c3nncn3C)CC2)n(C)n1. The lowest BCUT2D eigenvalue weighted by atomic mass is 9.95. The zero-order chi connectivity index (χ0) is 16.4. The minimum absolute atomic E-state index is 0.0822. The van der Waals surface area contributed by atoms with E-state index in [1.54, 1.807) is 11.0 Å². The van der Waals surface area contributed by atoms with Gasteiger partial charge in [0.1, 0.15) is 17.8 Å². The number of rotatable bonds is 4. The number of amides is 1. The van der Waals surface area contributed by atoms with Crippen LogP contribution in [-0.4, -0.2) is 48.4 Å². The molecule has 0 bridgehead atoms. The second kappa shape index (κ2) is 6.52. The lowest BCUT2D eigenvalue weighted by Gasteiger charge is -2.31. The molecule has 1 saturated heterocycles. The molecule has 0 N–H and O–H groups in total. The topological polar surface area (TPSA) is 68.8 Å². The molecule has 124 valence electrons. The lowest BCUT2D eigenvalue weighted by Crippen LogP contribution is -2.39. The Hall–Kier alpha value is -2.18. The van der Waals surface area contributed by atoms with E-state index < -0.39 is 0 Å². The fraction of sp³-hybridized carbons (Fsp3) is 0.625. The summed E-state index contributed by atoms with van der Waals surface area (Å²) in [6.07, 6.45) is 5.54. The minimum Gasteiger partial charge on any atom is -0.337 e. The third-order valence-corrected chi connectivity index (χ3v) is 4.55. The molecule has 0 aliphatic carbocycles. The molecule has 2 aromatic rings. The molecule has 0 aromatic carbocycles. The van der Waals surface area contributed by atoms with Crippen molar-refractivity contribution in [3.63, 3.8) is 0 Å². The van der Waals surface area contributed by atoms with Crippen molar-refractivity contribution in [2.75, 3.05) is 13.1 Å². The summed E-state index contributed by atoms with van der Waals surface area (Å²) < 4.78 is 3.68. The van der Waals surface area contributed by atoms with Crippen LogP contribution in [0.2, 0.25) is 0 Å². The average molecular weight is 316 g/mol. The fourth-order valence-corrected chi connectivity index (χ4v) is 3.27. The van der Waals surface area contributed by atoms with Crippen LogP contribution < -0.4 is 0 Å². The Morgan fingerprint density at radius 1 is 1.30 bits per heavy atom. The van der Waals surface area contributed by atoms with Crippen molar-refractivity contribution in [1.82, 2.24) is 29.4 Å². The molecular weight excluding hydrogens is 292 g/mol. The molecule has 0 radical (unpaired) electrons. The minimum atomic E-state index is 0.0822. The largest absolute Gasteiger partial charge is 0.337 e. The highest BCUT2D eigenvalue weighted by Gasteiger charge is 2.28. The van der Waals surface area contributed by atoms with Crippen LogP contribution in [0.3, 0.4) is 0 Å². The highest BCUT2D eigenvalue weighted by Crippen LogP contribution is 2.26. The summed E-state index contributed by atoms with van der Waals surface area (Å²) in [7, 11) is 3.82. The maximum absolute atomic E-state index is 12.7. The average Bonchev–Trinajstić information content (AvgIpc) is 3.13. The molecule has 3 rings (SSSR count). The van der Waals surface area contributed by atoms with Crippen molar-refractivity contribution in [1.29, 1.82) is 0 Å². The predicted molar refractivity (Wildman–Crippen MR) is 86.1 cm³/mol. The van der Waals surface area contributed by atoms with Crippen LogP contribution in [0.15, 0.2) is 12.4 Å². The van der Waals surface area contributed by atoms with Crippen LogP contribution in [-0.2, 0) is 20.5 Å². The van der Waals surface area contributed by atoms with Crippen LogP contribution in [0.25, 0.3) is 0 Å². The van der Waals surface area contributed by atoms with E-state index in [0.717, 1.165) is 50.3 Å². The van der Waals surface area contributed by atoms with Gasteiger partial charge in [0.25, 0.3) is 5.91 Å². The quantitative estimate of drug-likeness (QED) is 0.857. The number of carbonyl (C=O) groups is 1. The molecule has 2 aromatic heterocycles. The molecule has 1 fully saturated rings. The monoisotopic (exact) mass is 316 g/mol. The Morgan fingerprint density at radius 2 is 2.04 bits per heavy atom. The second-order valence-electron chi connectivity index (χ2n) is 6.26. The molecule has 7 nitrogen and oxygen atoms in total. The zero-order valence-corrected chi connectivity index (χ0v) is 14.1. The first-order chi connectivity index (χ1) is 11.1. The van der Waals surface area contributed by atoms with Gasteiger partial charge in [-0.15, -0.1) is 10.2 Å². The van der Waals surface area contributed by atoms with E-state index >= 15 is 0 Å². The molecular formula is C16H24N6O. The summed E-state index contributed by atoms with van der Waals surface area (Å²) in [5, 5.41) is 12.6. The van der Waals surface area contributed by atoms with E-state index in [0.29, 0.717) is 11.6 Å². The van der Waals surface area contributed by atoms with Crippen molar-refractivity contribution in [3.8, 4) is 0 Å². The molecule has 1 amide bonds. The van der Waals surface area contributed by atoms with Crippen LogP contribution in [0, 0.1) is 0 Å². The lowest BCUT2D eigenvalue weighted by molar-refractivity contribution is 0.0699. The first-order valence-corrected chi connectivity index (χ1v) is 8.26. The zero-order valence-electron chi connectivity index (χ0n) is 14.1. The van der Waals surface area contributed by atoms with Gasteiger partial charge in [-0.05, 0) is 25.3 Å². The second-order valence-corrected chi connectivity index (χ2v) is 6.26. The number of nitrogens with zero attached hydrogens (tertiary/aromatic N) is 6. The Labute approximate surface area is 136 Å². The summed E-state index contributed by atoms with van der Waals surface area (Å²) in [6, 6.07) is 1.93. The van der Waals surface area contributed by atoms with Crippen molar-refractivity contribution < 1.29 is 4.79 Å². The number of piperidine rings is 1. The molecule has 23 heavy (non-hydrogen) atoms. The van der Waals surface area contributed by atoms with E-state index in [4.69, 9.17) is 0 Å². The Morgan fingerprint density at radius 3 is 2.65 bits per heavy atom. The standard InChI is InChI=1S/C16H24N6O/c1-4-5-13-10-14(21(3)19-13)16(23)22-8-6-12(7-9-22)15-18-17-11-20(15)2/h10-12H,4-9H2,1-3H3. The molecule has 3 heterocycles. The van der Waals surface area contributed by atoms with Gasteiger partial charge in [0.05, 0.1) is 5.69 Å². The third-order valence-electron chi connectivity index (χ3n) is 4.55. The van der Waals surface area contributed by atoms with Gasteiger partial charge in [-0.1, -0.05) is 13.3 Å². The van der Waals surface area contributed by atoms with Gasteiger partial charge in [-0.25, -0.2) is 0 Å². The van der Waals surface area contributed by atoms with Crippen LogP contribution in [0.1, 0.15) is 54.1 Å². The highest BCUT2D eigenvalue weighted by atomic mass is 16.2. The van der Waals surface area contributed by atoms with E-state index in [1.807, 2.05) is 29.6 Å². The molecule has 7 heteroatoms. The molecule has 1 aliphatic rings. The molecule has 0 saturated carbocycles. The van der Waals surface area contributed by atoms with E-state index in [-0.39, 0.29) is 5.91 Å². The van der Waals surface area contributed by atoms with Gasteiger partial charge >= 0.3 is 0 Å². The number of aromatic nitrogens is 5. The van der Waals surface area contributed by atoms with Crippen LogP contribution >= 0.6 is 0 Å². The summed E-state index contributed by atoms with van der Waals surface area (Å²) in [5.74, 6) is 1.48. The number of hydrogen-bond donors (Lipinski definition) is 0. The van der Waals surface area contributed by atoms with E-state index in [1.165, 1.54) is 0 Å². The van der Waals surface area contributed by atoms with Gasteiger partial charge in [0.2, 0.25) is 0 Å². The number of hydrogen-bond acceptors (Lipinski definition) is 4. The van der Waals surface area contributed by atoms with Crippen molar-refractivity contribution >= 4 is 5.91 Å². The molecule has 0 unspecified atom stereocenters. The van der Waals surface area contributed by atoms with Gasteiger partial charge in [0, 0.05) is 33.1 Å². The summed E-state index contributed by atoms with van der Waals surface area (Å²) in [4.78, 5) is 14.7. The Kier molecular flexibility index (Phi) is 4.45. The summed E-state index contributed by atoms with van der Waals surface area (Å²) in [6.45, 7) is 3.63. The first kappa shape index (κ1) is 15.7. The Bertz CT molecular complexity index is 681. The van der Waals surface area contributed by atoms with Crippen molar-refractivity contribution in [3.05, 3.63) is 29.6 Å². The first-order valence-electron chi connectivity index (χ1n) is 8.26. The maximum atomic E-state index is 12.7. The summed E-state index contributed by atoms with van der Waals surface area (Å²) >= 11 is 0. The predicted octanol–water partition coefficient (Wildman–Crippen LogP) is 1.52. The van der Waals surface area contributed by atoms with E-state index in [2.05, 4.69) is 22.2 Å². The Balaban J connectivity index is 1.65. The summed E-state index contributed by atoms with van der Waals surface area (Å²) in [5.41, 5.74) is 1.68. The van der Waals surface area contributed by atoms with Gasteiger partial charge in [0.15, 0.2) is 0 Å².